The van der Waals surface area contributed by atoms with Gasteiger partial charge in [-0.1, -0.05) is 12.1 Å². The van der Waals surface area contributed by atoms with Gasteiger partial charge in [-0.25, -0.2) is 0 Å². The van der Waals surface area contributed by atoms with E-state index < -0.39 is 0 Å². The SMILES string of the molecule is COc1cc(C)c2[nH]ccc2c1CN1CCC2(CC(C#N)C2)C[C@H]1c1ccc(C(=O)NCC2CNC2)cc1. The maximum atomic E-state index is 12.7. The number of nitrogens with one attached hydrogen (secondary N) is 3. The first kappa shape index (κ1) is 25.0. The minimum absolute atomic E-state index is 0.00415. The van der Waals surface area contributed by atoms with Gasteiger partial charge in [0.1, 0.15) is 5.75 Å². The second kappa shape index (κ2) is 10.1. The van der Waals surface area contributed by atoms with Crippen molar-refractivity contribution in [2.45, 2.75) is 45.2 Å². The Hall–Kier alpha value is -3.34. The fourth-order valence-corrected chi connectivity index (χ4v) is 6.82. The molecule has 6 rings (SSSR count). The van der Waals surface area contributed by atoms with E-state index in [0.29, 0.717) is 11.5 Å². The third-order valence-corrected chi connectivity index (χ3v) is 9.21. The number of ether oxygens (including phenoxy) is 1. The quantitative estimate of drug-likeness (QED) is 0.428. The van der Waals surface area contributed by atoms with E-state index in [0.717, 1.165) is 69.7 Å². The Labute approximate surface area is 224 Å². The number of aromatic amines is 1. The molecular formula is C31H37N5O2. The van der Waals surface area contributed by atoms with Gasteiger partial charge in [-0.3, -0.25) is 9.69 Å². The first-order chi connectivity index (χ1) is 18.5. The van der Waals surface area contributed by atoms with Gasteiger partial charge in [-0.05, 0) is 80.0 Å². The molecule has 0 radical (unpaired) electrons. The van der Waals surface area contributed by atoms with Crippen molar-refractivity contribution < 1.29 is 9.53 Å². The molecule has 38 heavy (non-hydrogen) atoms. The van der Waals surface area contributed by atoms with Gasteiger partial charge < -0.3 is 20.4 Å². The van der Waals surface area contributed by atoms with Gasteiger partial charge >= 0.3 is 0 Å². The number of aryl methyl sites for hydroxylation is 1. The maximum absolute atomic E-state index is 12.7. The highest BCUT2D eigenvalue weighted by Crippen LogP contribution is 2.56. The lowest BCUT2D eigenvalue weighted by atomic mass is 9.56. The van der Waals surface area contributed by atoms with Crippen LogP contribution in [0.2, 0.25) is 0 Å². The standard InChI is InChI=1S/C31H37N5O2/c1-20-11-28(38-2)26(25-7-9-34-29(20)25)19-36-10-8-31(12-21(13-31)15-32)14-27(36)23-3-5-24(6-4-23)30(37)35-18-22-16-33-17-22/h3-7,9,11,21-22,27,33-34H,8,10,12-14,16-19H2,1-2H3,(H,35,37)/t21?,27-,31?/m0/s1. The molecule has 198 valence electrons. The number of aromatic nitrogens is 1. The number of piperidine rings is 1. The van der Waals surface area contributed by atoms with Gasteiger partial charge in [0.25, 0.3) is 5.91 Å². The molecule has 7 heteroatoms. The van der Waals surface area contributed by atoms with Crippen LogP contribution in [-0.4, -0.2) is 49.1 Å². The number of likely N-dealkylation sites (tertiary alicyclic amines) is 1. The highest BCUT2D eigenvalue weighted by molar-refractivity contribution is 5.94. The van der Waals surface area contributed by atoms with Crippen molar-refractivity contribution >= 4 is 16.8 Å². The first-order valence-electron chi connectivity index (χ1n) is 13.8. The number of amides is 1. The minimum atomic E-state index is -0.00415. The molecule has 1 saturated carbocycles. The van der Waals surface area contributed by atoms with E-state index in [1.807, 2.05) is 18.3 Å². The summed E-state index contributed by atoms with van der Waals surface area (Å²) in [4.78, 5) is 18.7. The number of hydrogen-bond acceptors (Lipinski definition) is 5. The molecule has 1 spiro atoms. The van der Waals surface area contributed by atoms with E-state index in [1.54, 1.807) is 7.11 Å². The number of benzene rings is 2. The third-order valence-electron chi connectivity index (χ3n) is 9.21. The normalized spacial score (nSPS) is 25.5. The van der Waals surface area contributed by atoms with Crippen LogP contribution < -0.4 is 15.4 Å². The van der Waals surface area contributed by atoms with E-state index >= 15 is 0 Å². The maximum Gasteiger partial charge on any atom is 0.251 e. The fourth-order valence-electron chi connectivity index (χ4n) is 6.82. The Bertz CT molecular complexity index is 1360. The minimum Gasteiger partial charge on any atom is -0.496 e. The van der Waals surface area contributed by atoms with Crippen molar-refractivity contribution in [2.24, 2.45) is 17.3 Å². The Morgan fingerprint density at radius 3 is 2.68 bits per heavy atom. The van der Waals surface area contributed by atoms with Crippen LogP contribution in [-0.2, 0) is 6.54 Å². The summed E-state index contributed by atoms with van der Waals surface area (Å²) < 4.78 is 5.86. The summed E-state index contributed by atoms with van der Waals surface area (Å²) >= 11 is 0. The van der Waals surface area contributed by atoms with E-state index in [2.05, 4.69) is 57.8 Å². The van der Waals surface area contributed by atoms with Crippen LogP contribution >= 0.6 is 0 Å². The lowest BCUT2D eigenvalue weighted by molar-refractivity contribution is -0.0298. The highest BCUT2D eigenvalue weighted by Gasteiger charge is 2.49. The Morgan fingerprint density at radius 1 is 1.21 bits per heavy atom. The van der Waals surface area contributed by atoms with E-state index in [4.69, 9.17) is 4.74 Å². The molecule has 2 aliphatic heterocycles. The van der Waals surface area contributed by atoms with Crippen LogP contribution in [0.4, 0.5) is 0 Å². The number of nitrogens with zero attached hydrogens (tertiary/aromatic N) is 2. The molecule has 2 aromatic carbocycles. The zero-order chi connectivity index (χ0) is 26.3. The average molecular weight is 512 g/mol. The summed E-state index contributed by atoms with van der Waals surface area (Å²) in [6.45, 7) is 6.55. The van der Waals surface area contributed by atoms with Crippen molar-refractivity contribution in [3.63, 3.8) is 0 Å². The summed E-state index contributed by atoms with van der Waals surface area (Å²) in [7, 11) is 1.75. The second-order valence-electron chi connectivity index (χ2n) is 11.7. The van der Waals surface area contributed by atoms with E-state index in [9.17, 15) is 10.1 Å². The number of hydrogen-bond donors (Lipinski definition) is 3. The Balaban J connectivity index is 1.26. The van der Waals surface area contributed by atoms with Gasteiger partial charge in [0.05, 0.1) is 13.2 Å². The zero-order valence-corrected chi connectivity index (χ0v) is 22.3. The first-order valence-corrected chi connectivity index (χ1v) is 13.8. The largest absolute Gasteiger partial charge is 0.496 e. The predicted molar refractivity (Wildman–Crippen MR) is 148 cm³/mol. The lowest BCUT2D eigenvalue weighted by Gasteiger charge is -2.53. The van der Waals surface area contributed by atoms with Crippen molar-refractivity contribution in [2.75, 3.05) is 33.3 Å². The molecule has 2 saturated heterocycles. The molecular weight excluding hydrogens is 474 g/mol. The lowest BCUT2D eigenvalue weighted by Crippen LogP contribution is -2.48. The number of H-pyrrole nitrogens is 1. The average Bonchev–Trinajstić information content (AvgIpc) is 3.39. The molecule has 1 aromatic heterocycles. The van der Waals surface area contributed by atoms with Crippen molar-refractivity contribution in [3.05, 3.63) is 64.8 Å². The number of fused-ring (bicyclic) bond motifs is 1. The number of nitriles is 1. The van der Waals surface area contributed by atoms with Crippen LogP contribution in [0, 0.1) is 35.5 Å². The monoisotopic (exact) mass is 511 g/mol. The van der Waals surface area contributed by atoms with Gasteiger partial charge in [-0.2, -0.15) is 5.26 Å². The summed E-state index contributed by atoms with van der Waals surface area (Å²) in [5.74, 6) is 1.65. The molecule has 3 aromatic rings. The Morgan fingerprint density at radius 2 is 2.00 bits per heavy atom. The summed E-state index contributed by atoms with van der Waals surface area (Å²) in [5, 5.41) is 17.0. The summed E-state index contributed by atoms with van der Waals surface area (Å²) in [6.07, 6.45) is 6.16. The smallest absolute Gasteiger partial charge is 0.251 e. The Kier molecular flexibility index (Phi) is 6.63. The molecule has 0 unspecified atom stereocenters. The second-order valence-corrected chi connectivity index (χ2v) is 11.7. The van der Waals surface area contributed by atoms with Crippen LogP contribution in [0.25, 0.3) is 10.9 Å². The predicted octanol–water partition coefficient (Wildman–Crippen LogP) is 4.69. The molecule has 3 aliphatic rings. The van der Waals surface area contributed by atoms with Gasteiger partial charge in [0, 0.05) is 72.3 Å². The number of carbonyl (C=O) groups is 1. The van der Waals surface area contributed by atoms with Crippen LogP contribution in [0.15, 0.2) is 42.6 Å². The van der Waals surface area contributed by atoms with Gasteiger partial charge in [-0.15, -0.1) is 0 Å². The fraction of sp³-hybridized carbons (Fsp3) is 0.484. The van der Waals surface area contributed by atoms with E-state index in [1.165, 1.54) is 22.1 Å². The molecule has 3 N–H and O–H groups in total. The molecule has 1 aliphatic carbocycles. The number of methoxy groups -OCH3 is 1. The topological polar surface area (TPSA) is 93.2 Å². The third kappa shape index (κ3) is 4.57. The molecule has 3 fully saturated rings. The summed E-state index contributed by atoms with van der Waals surface area (Å²) in [5.41, 5.74) is 5.74. The molecule has 7 nitrogen and oxygen atoms in total. The van der Waals surface area contributed by atoms with Crippen LogP contribution in [0.1, 0.15) is 58.8 Å². The van der Waals surface area contributed by atoms with Crippen molar-refractivity contribution in [3.8, 4) is 11.8 Å². The molecule has 1 amide bonds. The highest BCUT2D eigenvalue weighted by atomic mass is 16.5. The molecule has 0 bridgehead atoms. The summed E-state index contributed by atoms with van der Waals surface area (Å²) in [6, 6.07) is 15.2. The van der Waals surface area contributed by atoms with Gasteiger partial charge in [0.2, 0.25) is 0 Å². The van der Waals surface area contributed by atoms with Crippen LogP contribution in [0.3, 0.4) is 0 Å². The molecule has 1 atom stereocenters. The van der Waals surface area contributed by atoms with Crippen LogP contribution in [0.5, 0.6) is 5.75 Å². The van der Waals surface area contributed by atoms with Gasteiger partial charge in [0.15, 0.2) is 0 Å². The number of carbonyl (C=O) groups excluding carboxylic acids is 1. The number of rotatable bonds is 7. The van der Waals surface area contributed by atoms with Crippen molar-refractivity contribution in [1.82, 2.24) is 20.5 Å². The molecule has 3 heterocycles. The van der Waals surface area contributed by atoms with Crippen molar-refractivity contribution in [1.29, 1.82) is 5.26 Å². The van der Waals surface area contributed by atoms with E-state index in [-0.39, 0.29) is 23.3 Å². The zero-order valence-electron chi connectivity index (χ0n) is 22.3.